The fourth-order valence-electron chi connectivity index (χ4n) is 1.78. The van der Waals surface area contributed by atoms with Crippen LogP contribution in [0.3, 0.4) is 0 Å². The van der Waals surface area contributed by atoms with Crippen LogP contribution in [0.15, 0.2) is 10.7 Å². The summed E-state index contributed by atoms with van der Waals surface area (Å²) in [6.07, 6.45) is 1.36. The van der Waals surface area contributed by atoms with Crippen LogP contribution >= 0.6 is 0 Å². The Kier molecular flexibility index (Phi) is 3.06. The number of hydrogen-bond acceptors (Lipinski definition) is 6. The smallest absolute Gasteiger partial charge is 0.232 e. The van der Waals surface area contributed by atoms with Gasteiger partial charge in [-0.05, 0) is 13.8 Å². The fourth-order valence-corrected chi connectivity index (χ4v) is 1.78. The molecule has 2 rings (SSSR count). The average Bonchev–Trinajstić information content (AvgIpc) is 2.62. The number of aliphatic hydroxyl groups excluding tert-OH is 1. The van der Waals surface area contributed by atoms with E-state index in [4.69, 9.17) is 9.52 Å². The second kappa shape index (κ2) is 4.50. The third-order valence-electron chi connectivity index (χ3n) is 2.42. The number of aromatic nitrogens is 2. The zero-order chi connectivity index (χ0) is 12.4. The van der Waals surface area contributed by atoms with E-state index in [1.54, 1.807) is 6.92 Å². The number of aliphatic hydroxyl groups is 1. The van der Waals surface area contributed by atoms with Crippen LogP contribution in [0, 0.1) is 6.92 Å². The number of fused-ring (bicyclic) bond motifs is 1. The molecule has 0 unspecified atom stereocenters. The van der Waals surface area contributed by atoms with Crippen LogP contribution in [0.2, 0.25) is 0 Å². The molecule has 0 radical (unpaired) electrons. The molecule has 0 atom stereocenters. The Morgan fingerprint density at radius 2 is 2.29 bits per heavy atom. The molecule has 2 aromatic heterocycles. The van der Waals surface area contributed by atoms with Crippen LogP contribution in [0.5, 0.6) is 0 Å². The number of Topliss-reactive ketones (excluding diaryl/α,β-unsaturated/α-hetero) is 1. The van der Waals surface area contributed by atoms with Gasteiger partial charge in [0.1, 0.15) is 17.9 Å². The molecule has 0 aromatic carbocycles. The zero-order valence-corrected chi connectivity index (χ0v) is 9.65. The second-order valence-corrected chi connectivity index (χ2v) is 3.64. The number of hydrogen-bond donors (Lipinski definition) is 2. The maximum atomic E-state index is 11.6. The predicted octanol–water partition coefficient (Wildman–Crippen LogP) is 1.14. The van der Waals surface area contributed by atoms with Crippen LogP contribution in [0.1, 0.15) is 23.0 Å². The van der Waals surface area contributed by atoms with Gasteiger partial charge < -0.3 is 14.8 Å². The molecule has 0 bridgehead atoms. The third kappa shape index (κ3) is 1.99. The van der Waals surface area contributed by atoms with Crippen molar-refractivity contribution in [3.05, 3.63) is 17.7 Å². The minimum absolute atomic E-state index is 0.0161. The first-order chi connectivity index (χ1) is 8.15. The molecule has 2 N–H and O–H groups in total. The molecular weight excluding hydrogens is 222 g/mol. The quantitative estimate of drug-likeness (QED) is 0.772. The van der Waals surface area contributed by atoms with Crippen molar-refractivity contribution < 1.29 is 14.3 Å². The largest absolute Gasteiger partial charge is 0.442 e. The highest BCUT2D eigenvalue weighted by Crippen LogP contribution is 2.28. The average molecular weight is 235 g/mol. The van der Waals surface area contributed by atoms with Gasteiger partial charge in [-0.15, -0.1) is 0 Å². The summed E-state index contributed by atoms with van der Waals surface area (Å²) in [6, 6.07) is 0. The van der Waals surface area contributed by atoms with Crippen LogP contribution < -0.4 is 5.32 Å². The number of furan rings is 1. The maximum absolute atomic E-state index is 11.6. The minimum Gasteiger partial charge on any atom is -0.442 e. The van der Waals surface area contributed by atoms with E-state index in [1.807, 2.05) is 0 Å². The van der Waals surface area contributed by atoms with Crippen molar-refractivity contribution in [2.45, 2.75) is 13.8 Å². The number of carbonyl (C=O) groups is 1. The van der Waals surface area contributed by atoms with Crippen LogP contribution in [0.25, 0.3) is 11.1 Å². The van der Waals surface area contributed by atoms with Crippen molar-refractivity contribution in [1.29, 1.82) is 0 Å². The molecule has 2 heterocycles. The van der Waals surface area contributed by atoms with Gasteiger partial charge in [0.05, 0.1) is 17.6 Å². The van der Waals surface area contributed by atoms with E-state index < -0.39 is 0 Å². The molecule has 90 valence electrons. The molecule has 6 nitrogen and oxygen atoms in total. The molecule has 0 spiro atoms. The summed E-state index contributed by atoms with van der Waals surface area (Å²) >= 11 is 0. The number of nitrogens with zero attached hydrogens (tertiary/aromatic N) is 2. The Bertz CT molecular complexity index is 562. The summed E-state index contributed by atoms with van der Waals surface area (Å²) in [4.78, 5) is 19.6. The van der Waals surface area contributed by atoms with Gasteiger partial charge in [0.2, 0.25) is 5.71 Å². The first-order valence-corrected chi connectivity index (χ1v) is 5.25. The topological polar surface area (TPSA) is 88.2 Å². The van der Waals surface area contributed by atoms with Crippen LogP contribution in [0.4, 0.5) is 5.82 Å². The SMILES string of the molecule is CC(=O)c1c(C)oc2ncnc(NCCO)c12. The molecular formula is C11H13N3O3. The first-order valence-electron chi connectivity index (χ1n) is 5.25. The third-order valence-corrected chi connectivity index (χ3v) is 2.42. The molecule has 2 aromatic rings. The van der Waals surface area contributed by atoms with Crippen molar-refractivity contribution in [1.82, 2.24) is 9.97 Å². The first kappa shape index (κ1) is 11.5. The molecule has 6 heteroatoms. The molecule has 0 saturated heterocycles. The number of carbonyl (C=O) groups excluding carboxylic acids is 1. The molecule has 0 aliphatic rings. The minimum atomic E-state index is -0.0944. The number of aryl methyl sites for hydroxylation is 1. The lowest BCUT2D eigenvalue weighted by molar-refractivity contribution is 0.101. The second-order valence-electron chi connectivity index (χ2n) is 3.64. The van der Waals surface area contributed by atoms with Gasteiger partial charge in [0, 0.05) is 6.54 Å². The number of ketones is 1. The highest BCUT2D eigenvalue weighted by atomic mass is 16.3. The number of anilines is 1. The van der Waals surface area contributed by atoms with Gasteiger partial charge in [-0.1, -0.05) is 0 Å². The molecule has 0 saturated carbocycles. The number of rotatable bonds is 4. The number of nitrogens with one attached hydrogen (secondary N) is 1. The van der Waals surface area contributed by atoms with E-state index in [2.05, 4.69) is 15.3 Å². The van der Waals surface area contributed by atoms with Gasteiger partial charge >= 0.3 is 0 Å². The van der Waals surface area contributed by atoms with Gasteiger partial charge in [0.15, 0.2) is 5.78 Å². The summed E-state index contributed by atoms with van der Waals surface area (Å²) in [7, 11) is 0. The monoisotopic (exact) mass is 235 g/mol. The summed E-state index contributed by atoms with van der Waals surface area (Å²) < 4.78 is 5.41. The standard InChI is InChI=1S/C11H13N3O3/c1-6(16)8-7(2)17-11-9(8)10(12-3-4-15)13-5-14-11/h5,15H,3-4H2,1-2H3,(H,12,13,14). The molecule has 0 aliphatic carbocycles. The van der Waals surface area contributed by atoms with Gasteiger partial charge in [-0.3, -0.25) is 4.79 Å². The van der Waals surface area contributed by atoms with Gasteiger partial charge in [-0.2, -0.15) is 0 Å². The summed E-state index contributed by atoms with van der Waals surface area (Å²) in [5.74, 6) is 0.939. The Labute approximate surface area is 97.7 Å². The maximum Gasteiger partial charge on any atom is 0.232 e. The van der Waals surface area contributed by atoms with Crippen LogP contribution in [-0.4, -0.2) is 34.0 Å². The lowest BCUT2D eigenvalue weighted by atomic mass is 10.1. The van der Waals surface area contributed by atoms with E-state index >= 15 is 0 Å². The van der Waals surface area contributed by atoms with Crippen molar-refractivity contribution in [2.75, 3.05) is 18.5 Å². The van der Waals surface area contributed by atoms with E-state index in [0.717, 1.165) is 0 Å². The van der Waals surface area contributed by atoms with Crippen LogP contribution in [-0.2, 0) is 0 Å². The Morgan fingerprint density at radius 1 is 1.53 bits per heavy atom. The highest BCUT2D eigenvalue weighted by Gasteiger charge is 2.19. The Balaban J connectivity index is 2.63. The zero-order valence-electron chi connectivity index (χ0n) is 9.65. The predicted molar refractivity (Wildman–Crippen MR) is 62.1 cm³/mol. The molecule has 0 aliphatic heterocycles. The molecule has 0 amide bonds. The van der Waals surface area contributed by atoms with Crippen molar-refractivity contribution in [2.24, 2.45) is 0 Å². The lowest BCUT2D eigenvalue weighted by Gasteiger charge is -2.04. The van der Waals surface area contributed by atoms with Gasteiger partial charge in [0.25, 0.3) is 0 Å². The normalized spacial score (nSPS) is 10.8. The molecule has 0 fully saturated rings. The van der Waals surface area contributed by atoms with Crippen molar-refractivity contribution >= 4 is 22.7 Å². The Hall–Kier alpha value is -1.95. The summed E-state index contributed by atoms with van der Waals surface area (Å²) in [5.41, 5.74) is 0.865. The Morgan fingerprint density at radius 3 is 2.94 bits per heavy atom. The summed E-state index contributed by atoms with van der Waals surface area (Å²) in [6.45, 7) is 3.53. The lowest BCUT2D eigenvalue weighted by Crippen LogP contribution is -2.08. The van der Waals surface area contributed by atoms with Gasteiger partial charge in [-0.25, -0.2) is 9.97 Å². The highest BCUT2D eigenvalue weighted by molar-refractivity contribution is 6.09. The molecule has 17 heavy (non-hydrogen) atoms. The summed E-state index contributed by atoms with van der Waals surface area (Å²) in [5, 5.41) is 12.3. The van der Waals surface area contributed by atoms with E-state index in [0.29, 0.717) is 34.8 Å². The van der Waals surface area contributed by atoms with Crippen molar-refractivity contribution in [3.63, 3.8) is 0 Å². The van der Waals surface area contributed by atoms with E-state index in [-0.39, 0.29) is 12.4 Å². The fraction of sp³-hybridized carbons (Fsp3) is 0.364. The van der Waals surface area contributed by atoms with E-state index in [9.17, 15) is 4.79 Å². The van der Waals surface area contributed by atoms with E-state index in [1.165, 1.54) is 13.3 Å². The van der Waals surface area contributed by atoms with Crippen molar-refractivity contribution in [3.8, 4) is 0 Å².